The molecule has 128 valence electrons. The molecule has 0 atom stereocenters. The lowest BCUT2D eigenvalue weighted by molar-refractivity contribution is -0.132. The second-order valence-electron chi connectivity index (χ2n) is 5.23. The maximum atomic E-state index is 13.0. The van der Waals surface area contributed by atoms with Gasteiger partial charge in [-0.1, -0.05) is 6.07 Å². The molecule has 9 heteroatoms. The first-order valence-corrected chi connectivity index (χ1v) is 8.80. The number of carbonyl (C=O) groups excluding carboxylic acids is 1. The molecule has 1 aromatic rings. The average Bonchev–Trinajstić information content (AvgIpc) is 2.51. The van der Waals surface area contributed by atoms with Crippen LogP contribution in [0, 0.1) is 5.82 Å². The van der Waals surface area contributed by atoms with Crippen LogP contribution in [0.15, 0.2) is 24.3 Å². The molecule has 0 radical (unpaired) electrons. The highest BCUT2D eigenvalue weighted by atomic mass is 32.2. The highest BCUT2D eigenvalue weighted by Gasteiger charge is 2.25. The molecule has 1 aromatic carbocycles. The van der Waals surface area contributed by atoms with Crippen LogP contribution in [0.3, 0.4) is 0 Å². The number of carbonyl (C=O) groups is 1. The van der Waals surface area contributed by atoms with Crippen LogP contribution in [0.4, 0.5) is 4.39 Å². The SMILES string of the molecule is NS(=O)(=O)N1CCN(C(=O)CCCOc2cccc(F)c2)CC1. The summed E-state index contributed by atoms with van der Waals surface area (Å²) in [5.41, 5.74) is 0. The van der Waals surface area contributed by atoms with Crippen LogP contribution in [-0.4, -0.2) is 56.3 Å². The van der Waals surface area contributed by atoms with E-state index in [1.165, 1.54) is 12.1 Å². The first-order valence-electron chi connectivity index (χ1n) is 7.30. The zero-order valence-corrected chi connectivity index (χ0v) is 13.5. The minimum Gasteiger partial charge on any atom is -0.493 e. The molecular weight excluding hydrogens is 325 g/mol. The molecule has 1 aliphatic heterocycles. The van der Waals surface area contributed by atoms with Crippen LogP contribution in [0.1, 0.15) is 12.8 Å². The van der Waals surface area contributed by atoms with E-state index in [0.29, 0.717) is 38.3 Å². The van der Waals surface area contributed by atoms with E-state index < -0.39 is 10.2 Å². The summed E-state index contributed by atoms with van der Waals surface area (Å²) < 4.78 is 41.9. The van der Waals surface area contributed by atoms with Crippen LogP contribution in [0.5, 0.6) is 5.75 Å². The second-order valence-corrected chi connectivity index (χ2v) is 6.78. The second kappa shape index (κ2) is 7.71. The number of rotatable bonds is 6. The smallest absolute Gasteiger partial charge is 0.277 e. The highest BCUT2D eigenvalue weighted by molar-refractivity contribution is 7.86. The fourth-order valence-electron chi connectivity index (χ4n) is 2.32. The van der Waals surface area contributed by atoms with Gasteiger partial charge >= 0.3 is 0 Å². The van der Waals surface area contributed by atoms with Gasteiger partial charge in [0, 0.05) is 38.7 Å². The van der Waals surface area contributed by atoms with E-state index in [1.807, 2.05) is 0 Å². The Balaban J connectivity index is 1.68. The van der Waals surface area contributed by atoms with Gasteiger partial charge in [-0.15, -0.1) is 0 Å². The number of amides is 1. The number of hydrogen-bond acceptors (Lipinski definition) is 4. The van der Waals surface area contributed by atoms with Crippen molar-refractivity contribution in [2.75, 3.05) is 32.8 Å². The van der Waals surface area contributed by atoms with Crippen molar-refractivity contribution in [3.63, 3.8) is 0 Å². The topological polar surface area (TPSA) is 92.9 Å². The molecule has 2 rings (SSSR count). The van der Waals surface area contributed by atoms with E-state index >= 15 is 0 Å². The van der Waals surface area contributed by atoms with Crippen molar-refractivity contribution in [1.29, 1.82) is 0 Å². The Morgan fingerprint density at radius 1 is 1.26 bits per heavy atom. The number of nitrogens with zero attached hydrogens (tertiary/aromatic N) is 2. The minimum absolute atomic E-state index is 0.0538. The summed E-state index contributed by atoms with van der Waals surface area (Å²) in [6.07, 6.45) is 0.801. The molecule has 23 heavy (non-hydrogen) atoms. The van der Waals surface area contributed by atoms with Gasteiger partial charge in [-0.25, -0.2) is 9.53 Å². The van der Waals surface area contributed by atoms with Crippen molar-refractivity contribution >= 4 is 16.1 Å². The van der Waals surface area contributed by atoms with Crippen LogP contribution in [-0.2, 0) is 15.0 Å². The number of halogens is 1. The van der Waals surface area contributed by atoms with Gasteiger partial charge < -0.3 is 9.64 Å². The molecular formula is C14H20FN3O4S. The molecule has 0 aliphatic carbocycles. The predicted octanol–water partition coefficient (Wildman–Crippen LogP) is 0.332. The summed E-state index contributed by atoms with van der Waals surface area (Å²) in [4.78, 5) is 13.6. The third-order valence-corrected chi connectivity index (χ3v) is 4.64. The van der Waals surface area contributed by atoms with Crippen molar-refractivity contribution in [2.24, 2.45) is 5.14 Å². The fourth-order valence-corrected chi connectivity index (χ4v) is 2.99. The fraction of sp³-hybridized carbons (Fsp3) is 0.500. The standard InChI is InChI=1S/C14H20FN3O4S/c15-12-3-1-4-13(11-12)22-10-2-5-14(19)17-6-8-18(9-7-17)23(16,20)21/h1,3-4,11H,2,5-10H2,(H2,16,20,21). The van der Waals surface area contributed by atoms with Gasteiger partial charge in [-0.2, -0.15) is 12.7 Å². The quantitative estimate of drug-likeness (QED) is 0.752. The summed E-state index contributed by atoms with van der Waals surface area (Å²) in [6.45, 7) is 1.40. The lowest BCUT2D eigenvalue weighted by Crippen LogP contribution is -2.52. The van der Waals surface area contributed by atoms with E-state index in [1.54, 1.807) is 17.0 Å². The van der Waals surface area contributed by atoms with Crippen molar-refractivity contribution in [3.8, 4) is 5.75 Å². The van der Waals surface area contributed by atoms with Crippen LogP contribution < -0.4 is 9.88 Å². The summed E-state index contributed by atoms with van der Waals surface area (Å²) in [5, 5.41) is 5.05. The van der Waals surface area contributed by atoms with E-state index in [-0.39, 0.29) is 24.8 Å². The van der Waals surface area contributed by atoms with E-state index in [0.717, 1.165) is 4.31 Å². The molecule has 0 unspecified atom stereocenters. The molecule has 1 saturated heterocycles. The van der Waals surface area contributed by atoms with Gasteiger partial charge in [0.1, 0.15) is 11.6 Å². The molecule has 1 aliphatic rings. The Labute approximate surface area is 135 Å². The van der Waals surface area contributed by atoms with E-state index in [2.05, 4.69) is 0 Å². The Hall–Kier alpha value is -1.71. The molecule has 0 bridgehead atoms. The van der Waals surface area contributed by atoms with Gasteiger partial charge in [-0.05, 0) is 18.6 Å². The van der Waals surface area contributed by atoms with Crippen LogP contribution in [0.2, 0.25) is 0 Å². The third kappa shape index (κ3) is 5.45. The molecule has 1 amide bonds. The van der Waals surface area contributed by atoms with E-state index in [9.17, 15) is 17.6 Å². The first kappa shape index (κ1) is 17.6. The maximum absolute atomic E-state index is 13.0. The number of hydrogen-bond donors (Lipinski definition) is 1. The molecule has 1 fully saturated rings. The predicted molar refractivity (Wildman–Crippen MR) is 82.4 cm³/mol. The molecule has 0 aromatic heterocycles. The highest BCUT2D eigenvalue weighted by Crippen LogP contribution is 2.13. The largest absolute Gasteiger partial charge is 0.493 e. The zero-order chi connectivity index (χ0) is 16.9. The summed E-state index contributed by atoms with van der Waals surface area (Å²) in [5.74, 6) is 0.00688. The van der Waals surface area contributed by atoms with E-state index in [4.69, 9.17) is 9.88 Å². The van der Waals surface area contributed by atoms with Gasteiger partial charge in [-0.3, -0.25) is 4.79 Å². The third-order valence-electron chi connectivity index (χ3n) is 3.55. The molecule has 0 saturated carbocycles. The van der Waals surface area contributed by atoms with Crippen LogP contribution >= 0.6 is 0 Å². The lowest BCUT2D eigenvalue weighted by atomic mass is 10.2. The molecule has 2 N–H and O–H groups in total. The monoisotopic (exact) mass is 345 g/mol. The Morgan fingerprint density at radius 2 is 1.96 bits per heavy atom. The number of piperazine rings is 1. The normalized spacial score (nSPS) is 16.3. The number of nitrogens with two attached hydrogens (primary N) is 1. The molecule has 0 spiro atoms. The summed E-state index contributed by atoms with van der Waals surface area (Å²) in [7, 11) is -3.69. The summed E-state index contributed by atoms with van der Waals surface area (Å²) >= 11 is 0. The Bertz CT molecular complexity index is 645. The van der Waals surface area contributed by atoms with Crippen molar-refractivity contribution in [2.45, 2.75) is 12.8 Å². The Morgan fingerprint density at radius 3 is 2.57 bits per heavy atom. The van der Waals surface area contributed by atoms with Gasteiger partial charge in [0.25, 0.3) is 10.2 Å². The molecule has 7 nitrogen and oxygen atoms in total. The van der Waals surface area contributed by atoms with Crippen molar-refractivity contribution < 1.29 is 22.3 Å². The van der Waals surface area contributed by atoms with Crippen molar-refractivity contribution in [1.82, 2.24) is 9.21 Å². The minimum atomic E-state index is -3.69. The average molecular weight is 345 g/mol. The maximum Gasteiger partial charge on any atom is 0.277 e. The summed E-state index contributed by atoms with van der Waals surface area (Å²) in [6, 6.07) is 5.82. The van der Waals surface area contributed by atoms with Crippen molar-refractivity contribution in [3.05, 3.63) is 30.1 Å². The first-order chi connectivity index (χ1) is 10.9. The lowest BCUT2D eigenvalue weighted by Gasteiger charge is -2.33. The number of benzene rings is 1. The molecule has 1 heterocycles. The van der Waals surface area contributed by atoms with Gasteiger partial charge in [0.15, 0.2) is 0 Å². The number of ether oxygens (including phenoxy) is 1. The van der Waals surface area contributed by atoms with Crippen LogP contribution in [0.25, 0.3) is 0 Å². The zero-order valence-electron chi connectivity index (χ0n) is 12.7. The van der Waals surface area contributed by atoms with Gasteiger partial charge in [0.05, 0.1) is 6.61 Å². The van der Waals surface area contributed by atoms with Gasteiger partial charge in [0.2, 0.25) is 5.91 Å². The Kier molecular flexibility index (Phi) is 5.91.